The van der Waals surface area contributed by atoms with Gasteiger partial charge in [-0.15, -0.1) is 0 Å². The van der Waals surface area contributed by atoms with E-state index in [0.717, 1.165) is 38.2 Å². The highest BCUT2D eigenvalue weighted by molar-refractivity contribution is 6.39. The molecule has 8 heteroatoms. The standard InChI is InChI=1S/C30H26ClN3O4/c1-18-12-19(2)14-23(13-18)38-11-10-33-17-21(24-6-4-5-7-27(24)33)15-25-28(35)32-30(37)34(29(25)36)22-9-8-20(3)26(31)16-22/h4-9,12-17H,10-11H2,1-3H3,(H,32,35,37)/b25-15-. The van der Waals surface area contributed by atoms with Crippen molar-refractivity contribution in [3.05, 3.63) is 99.7 Å². The number of imide groups is 2. The lowest BCUT2D eigenvalue weighted by Gasteiger charge is -2.26. The summed E-state index contributed by atoms with van der Waals surface area (Å²) in [7, 11) is 0. The van der Waals surface area contributed by atoms with Crippen molar-refractivity contribution < 1.29 is 19.1 Å². The Labute approximate surface area is 225 Å². The predicted molar refractivity (Wildman–Crippen MR) is 149 cm³/mol. The van der Waals surface area contributed by atoms with Gasteiger partial charge in [-0.1, -0.05) is 41.9 Å². The van der Waals surface area contributed by atoms with E-state index in [1.165, 1.54) is 12.1 Å². The normalized spacial score (nSPS) is 14.9. The molecule has 1 aromatic heterocycles. The molecule has 0 aliphatic carbocycles. The third kappa shape index (κ3) is 4.93. The van der Waals surface area contributed by atoms with Gasteiger partial charge in [-0.25, -0.2) is 9.69 Å². The van der Waals surface area contributed by atoms with Gasteiger partial charge in [-0.05, 0) is 73.9 Å². The molecule has 3 aromatic carbocycles. The Bertz CT molecular complexity index is 1620. The minimum Gasteiger partial charge on any atom is -0.492 e. The quantitative estimate of drug-likeness (QED) is 0.247. The van der Waals surface area contributed by atoms with Crippen LogP contribution in [0.25, 0.3) is 17.0 Å². The molecule has 0 bridgehead atoms. The zero-order valence-corrected chi connectivity index (χ0v) is 22.0. The smallest absolute Gasteiger partial charge is 0.335 e. The minimum atomic E-state index is -0.817. The van der Waals surface area contributed by atoms with Crippen LogP contribution in [0.2, 0.25) is 5.02 Å². The summed E-state index contributed by atoms with van der Waals surface area (Å²) in [6.07, 6.45) is 3.41. The molecule has 5 rings (SSSR count). The molecule has 1 saturated heterocycles. The summed E-state index contributed by atoms with van der Waals surface area (Å²) < 4.78 is 8.02. The lowest BCUT2D eigenvalue weighted by atomic mass is 10.1. The number of barbiturate groups is 1. The largest absolute Gasteiger partial charge is 0.492 e. The molecule has 1 fully saturated rings. The van der Waals surface area contributed by atoms with Crippen molar-refractivity contribution in [1.29, 1.82) is 0 Å². The summed E-state index contributed by atoms with van der Waals surface area (Å²) in [5, 5.41) is 3.55. The van der Waals surface area contributed by atoms with E-state index in [4.69, 9.17) is 16.3 Å². The average molecular weight is 528 g/mol. The molecule has 2 heterocycles. The number of nitrogens with one attached hydrogen (secondary N) is 1. The Kier molecular flexibility index (Phi) is 6.78. The van der Waals surface area contributed by atoms with Gasteiger partial charge in [0.1, 0.15) is 17.9 Å². The van der Waals surface area contributed by atoms with Crippen LogP contribution in [0.3, 0.4) is 0 Å². The minimum absolute atomic E-state index is 0.143. The van der Waals surface area contributed by atoms with E-state index in [-0.39, 0.29) is 11.3 Å². The maximum atomic E-state index is 13.4. The topological polar surface area (TPSA) is 80.6 Å². The van der Waals surface area contributed by atoms with Gasteiger partial charge in [0.15, 0.2) is 0 Å². The number of aromatic nitrogens is 1. The average Bonchev–Trinajstić information content (AvgIpc) is 3.21. The van der Waals surface area contributed by atoms with Crippen molar-refractivity contribution in [3.8, 4) is 5.75 Å². The highest BCUT2D eigenvalue weighted by Crippen LogP contribution is 2.29. The number of carbonyl (C=O) groups excluding carboxylic acids is 3. The lowest BCUT2D eigenvalue weighted by molar-refractivity contribution is -0.122. The van der Waals surface area contributed by atoms with Gasteiger partial charge in [0, 0.05) is 27.7 Å². The molecule has 1 N–H and O–H groups in total. The van der Waals surface area contributed by atoms with Gasteiger partial charge >= 0.3 is 6.03 Å². The maximum Gasteiger partial charge on any atom is 0.335 e. The number of benzene rings is 3. The van der Waals surface area contributed by atoms with Crippen molar-refractivity contribution in [3.63, 3.8) is 0 Å². The number of ether oxygens (including phenoxy) is 1. The second-order valence-corrected chi connectivity index (χ2v) is 9.77. The molecule has 1 aliphatic heterocycles. The molecule has 7 nitrogen and oxygen atoms in total. The molecular formula is C30H26ClN3O4. The van der Waals surface area contributed by atoms with Gasteiger partial charge in [0.05, 0.1) is 12.2 Å². The summed E-state index contributed by atoms with van der Waals surface area (Å²) in [6.45, 7) is 6.88. The van der Waals surface area contributed by atoms with Crippen molar-refractivity contribution in [2.75, 3.05) is 11.5 Å². The van der Waals surface area contributed by atoms with Gasteiger partial charge in [0.25, 0.3) is 11.8 Å². The number of anilines is 1. The highest BCUT2D eigenvalue weighted by atomic mass is 35.5. The van der Waals surface area contributed by atoms with Crippen LogP contribution in [0.1, 0.15) is 22.3 Å². The molecule has 4 aromatic rings. The fraction of sp³-hybridized carbons (Fsp3) is 0.167. The van der Waals surface area contributed by atoms with E-state index < -0.39 is 17.8 Å². The van der Waals surface area contributed by atoms with Crippen LogP contribution >= 0.6 is 11.6 Å². The van der Waals surface area contributed by atoms with E-state index in [2.05, 4.69) is 11.4 Å². The first-order chi connectivity index (χ1) is 18.2. The number of amides is 4. The Hall–Kier alpha value is -4.36. The van der Waals surface area contributed by atoms with Crippen LogP contribution in [-0.2, 0) is 16.1 Å². The number of fused-ring (bicyclic) bond motifs is 1. The number of carbonyl (C=O) groups is 3. The van der Waals surface area contributed by atoms with Gasteiger partial charge in [0.2, 0.25) is 0 Å². The van der Waals surface area contributed by atoms with E-state index >= 15 is 0 Å². The Morgan fingerprint density at radius 2 is 1.68 bits per heavy atom. The molecular weight excluding hydrogens is 502 g/mol. The summed E-state index contributed by atoms with van der Waals surface area (Å²) in [6, 6.07) is 17.9. The number of urea groups is 1. The van der Waals surface area contributed by atoms with E-state index in [9.17, 15) is 14.4 Å². The molecule has 192 valence electrons. The summed E-state index contributed by atoms with van der Waals surface area (Å²) in [5.41, 5.74) is 4.84. The lowest BCUT2D eigenvalue weighted by Crippen LogP contribution is -2.54. The summed E-state index contributed by atoms with van der Waals surface area (Å²) >= 11 is 6.22. The summed E-state index contributed by atoms with van der Waals surface area (Å²) in [4.78, 5) is 39.6. The number of halogens is 1. The molecule has 1 aliphatic rings. The number of hydrogen-bond donors (Lipinski definition) is 1. The third-order valence-corrected chi connectivity index (χ3v) is 6.84. The fourth-order valence-corrected chi connectivity index (χ4v) is 4.80. The van der Waals surface area contributed by atoms with E-state index in [1.807, 2.05) is 67.9 Å². The molecule has 38 heavy (non-hydrogen) atoms. The molecule has 0 saturated carbocycles. The van der Waals surface area contributed by atoms with Crippen LogP contribution < -0.4 is 15.0 Å². The zero-order valence-electron chi connectivity index (χ0n) is 21.2. The first kappa shape index (κ1) is 25.3. The molecule has 4 amide bonds. The second kappa shape index (κ2) is 10.2. The van der Waals surface area contributed by atoms with Gasteiger partial charge < -0.3 is 9.30 Å². The van der Waals surface area contributed by atoms with E-state index in [0.29, 0.717) is 23.7 Å². The van der Waals surface area contributed by atoms with Crippen molar-refractivity contribution in [2.45, 2.75) is 27.3 Å². The number of para-hydroxylation sites is 1. The summed E-state index contributed by atoms with van der Waals surface area (Å²) in [5.74, 6) is -0.648. The Morgan fingerprint density at radius 3 is 2.42 bits per heavy atom. The first-order valence-electron chi connectivity index (χ1n) is 12.2. The van der Waals surface area contributed by atoms with Crippen LogP contribution in [0.5, 0.6) is 5.75 Å². The van der Waals surface area contributed by atoms with Crippen LogP contribution in [-0.4, -0.2) is 29.0 Å². The third-order valence-electron chi connectivity index (χ3n) is 6.43. The van der Waals surface area contributed by atoms with Gasteiger partial charge in [-0.2, -0.15) is 0 Å². The maximum absolute atomic E-state index is 13.4. The van der Waals surface area contributed by atoms with Crippen LogP contribution in [0.15, 0.2) is 72.4 Å². The van der Waals surface area contributed by atoms with Crippen LogP contribution in [0, 0.1) is 20.8 Å². The number of aryl methyl sites for hydroxylation is 3. The number of nitrogens with zero attached hydrogens (tertiary/aromatic N) is 2. The van der Waals surface area contributed by atoms with Crippen molar-refractivity contribution in [1.82, 2.24) is 9.88 Å². The Balaban J connectivity index is 1.45. The molecule has 0 unspecified atom stereocenters. The molecule has 0 spiro atoms. The monoisotopic (exact) mass is 527 g/mol. The second-order valence-electron chi connectivity index (χ2n) is 9.36. The van der Waals surface area contributed by atoms with Crippen LogP contribution in [0.4, 0.5) is 10.5 Å². The number of hydrogen-bond acceptors (Lipinski definition) is 4. The molecule has 0 radical (unpaired) electrons. The zero-order chi connectivity index (χ0) is 27.0. The predicted octanol–water partition coefficient (Wildman–Crippen LogP) is 5.97. The highest BCUT2D eigenvalue weighted by Gasteiger charge is 2.37. The Morgan fingerprint density at radius 1 is 0.947 bits per heavy atom. The fourth-order valence-electron chi connectivity index (χ4n) is 4.62. The first-order valence-corrected chi connectivity index (χ1v) is 12.6. The molecule has 0 atom stereocenters. The number of rotatable bonds is 6. The van der Waals surface area contributed by atoms with Crippen molar-refractivity contribution >= 4 is 52.1 Å². The van der Waals surface area contributed by atoms with E-state index in [1.54, 1.807) is 12.1 Å². The van der Waals surface area contributed by atoms with Crippen molar-refractivity contribution in [2.24, 2.45) is 0 Å². The SMILES string of the molecule is Cc1cc(C)cc(OCCn2cc(/C=C3/C(=O)NC(=O)N(c4ccc(C)c(Cl)c4)C3=O)c3ccccc32)c1. The van der Waals surface area contributed by atoms with Gasteiger partial charge in [-0.3, -0.25) is 14.9 Å².